The summed E-state index contributed by atoms with van der Waals surface area (Å²) >= 11 is 0. The number of ether oxygens (including phenoxy) is 2. The molecule has 3 heterocycles. The smallest absolute Gasteiger partial charge is 0.238 e. The monoisotopic (exact) mass is 387 g/mol. The number of fused-ring (bicyclic) bond motifs is 4. The minimum atomic E-state index is -0.0527. The van der Waals surface area contributed by atoms with E-state index in [1.54, 1.807) is 32.4 Å². The van der Waals surface area contributed by atoms with Crippen molar-refractivity contribution >= 4 is 17.5 Å². The summed E-state index contributed by atoms with van der Waals surface area (Å²) in [6.07, 6.45) is 3.97. The molecule has 1 aromatic rings. The van der Waals surface area contributed by atoms with Gasteiger partial charge in [0.2, 0.25) is 11.8 Å². The van der Waals surface area contributed by atoms with Gasteiger partial charge in [0.05, 0.1) is 26.5 Å². The zero-order valence-corrected chi connectivity index (χ0v) is 16.6. The average molecular weight is 387 g/mol. The number of hydrogen-bond acceptors (Lipinski definition) is 5. The van der Waals surface area contributed by atoms with Crippen molar-refractivity contribution in [1.82, 2.24) is 9.80 Å². The first-order valence-electron chi connectivity index (χ1n) is 10.1. The Bertz CT molecular complexity index is 753. The van der Waals surface area contributed by atoms with Crippen LogP contribution in [0.4, 0.5) is 5.69 Å². The van der Waals surface area contributed by atoms with Crippen LogP contribution in [-0.4, -0.2) is 68.1 Å². The molecule has 0 saturated carbocycles. The van der Waals surface area contributed by atoms with Gasteiger partial charge in [-0.05, 0) is 43.2 Å². The molecule has 2 unspecified atom stereocenters. The Morgan fingerprint density at radius 1 is 1.21 bits per heavy atom. The maximum Gasteiger partial charge on any atom is 0.238 e. The van der Waals surface area contributed by atoms with Gasteiger partial charge in [0, 0.05) is 38.2 Å². The average Bonchev–Trinajstić information content (AvgIpc) is 2.68. The van der Waals surface area contributed by atoms with E-state index in [4.69, 9.17) is 9.47 Å². The molecule has 2 amide bonds. The molecule has 0 spiro atoms. The molecule has 7 heteroatoms. The van der Waals surface area contributed by atoms with Crippen LogP contribution in [-0.2, 0) is 9.59 Å². The van der Waals surface area contributed by atoms with E-state index in [9.17, 15) is 9.59 Å². The summed E-state index contributed by atoms with van der Waals surface area (Å²) in [6.45, 7) is 2.96. The van der Waals surface area contributed by atoms with Crippen LogP contribution in [0.5, 0.6) is 11.5 Å². The van der Waals surface area contributed by atoms with Crippen molar-refractivity contribution in [2.24, 2.45) is 11.8 Å². The normalized spacial score (nSPS) is 27.1. The molecule has 1 N–H and O–H groups in total. The van der Waals surface area contributed by atoms with E-state index in [0.717, 1.165) is 32.5 Å². The van der Waals surface area contributed by atoms with Crippen molar-refractivity contribution < 1.29 is 19.1 Å². The second kappa shape index (κ2) is 7.99. The molecular weight excluding hydrogens is 358 g/mol. The van der Waals surface area contributed by atoms with Crippen molar-refractivity contribution in [3.8, 4) is 11.5 Å². The zero-order chi connectivity index (χ0) is 19.7. The number of carbonyl (C=O) groups excluding carboxylic acids is 2. The molecule has 3 atom stereocenters. The highest BCUT2D eigenvalue weighted by atomic mass is 16.5. The molecule has 7 nitrogen and oxygen atoms in total. The Morgan fingerprint density at radius 2 is 2.07 bits per heavy atom. The summed E-state index contributed by atoms with van der Waals surface area (Å²) in [5.74, 6) is 2.50. The van der Waals surface area contributed by atoms with Gasteiger partial charge in [-0.25, -0.2) is 0 Å². The van der Waals surface area contributed by atoms with Crippen LogP contribution < -0.4 is 14.8 Å². The number of nitrogens with one attached hydrogen (secondary N) is 1. The molecular formula is C21H29N3O4. The lowest BCUT2D eigenvalue weighted by molar-refractivity contribution is -0.145. The third kappa shape index (κ3) is 3.81. The number of amides is 2. The van der Waals surface area contributed by atoms with Crippen LogP contribution in [0, 0.1) is 11.8 Å². The van der Waals surface area contributed by atoms with E-state index in [1.165, 1.54) is 6.42 Å². The van der Waals surface area contributed by atoms with Crippen LogP contribution >= 0.6 is 0 Å². The maximum atomic E-state index is 12.7. The summed E-state index contributed by atoms with van der Waals surface area (Å²) < 4.78 is 10.6. The number of piperidine rings is 3. The van der Waals surface area contributed by atoms with Gasteiger partial charge in [-0.3, -0.25) is 14.5 Å². The second-order valence-corrected chi connectivity index (χ2v) is 8.18. The highest BCUT2D eigenvalue weighted by molar-refractivity contribution is 5.94. The predicted octanol–water partition coefficient (Wildman–Crippen LogP) is 1.98. The van der Waals surface area contributed by atoms with Crippen LogP contribution in [0.15, 0.2) is 18.2 Å². The van der Waals surface area contributed by atoms with Crippen LogP contribution in [0.3, 0.4) is 0 Å². The summed E-state index contributed by atoms with van der Waals surface area (Å²) in [7, 11) is 3.18. The minimum Gasteiger partial charge on any atom is -0.497 e. The Balaban J connectivity index is 1.39. The Labute approximate surface area is 166 Å². The summed E-state index contributed by atoms with van der Waals surface area (Å²) in [4.78, 5) is 29.3. The van der Waals surface area contributed by atoms with E-state index in [-0.39, 0.29) is 5.91 Å². The topological polar surface area (TPSA) is 71.1 Å². The van der Waals surface area contributed by atoms with Crippen LogP contribution in [0.2, 0.25) is 0 Å². The number of carbonyl (C=O) groups is 2. The largest absolute Gasteiger partial charge is 0.497 e. The first kappa shape index (κ1) is 19.1. The number of hydrogen-bond donors (Lipinski definition) is 1. The molecule has 2 bridgehead atoms. The number of nitrogens with zero attached hydrogens (tertiary/aromatic N) is 2. The molecule has 28 heavy (non-hydrogen) atoms. The van der Waals surface area contributed by atoms with Gasteiger partial charge in [-0.15, -0.1) is 0 Å². The lowest BCUT2D eigenvalue weighted by Crippen LogP contribution is -2.61. The van der Waals surface area contributed by atoms with Crippen molar-refractivity contribution in [1.29, 1.82) is 0 Å². The van der Waals surface area contributed by atoms with Gasteiger partial charge >= 0.3 is 0 Å². The van der Waals surface area contributed by atoms with Crippen molar-refractivity contribution in [2.75, 3.05) is 45.7 Å². The van der Waals surface area contributed by atoms with Gasteiger partial charge in [0.15, 0.2) is 0 Å². The number of anilines is 1. The molecule has 0 radical (unpaired) electrons. The molecule has 4 rings (SSSR count). The van der Waals surface area contributed by atoms with E-state index >= 15 is 0 Å². The predicted molar refractivity (Wildman–Crippen MR) is 106 cm³/mol. The highest BCUT2D eigenvalue weighted by Gasteiger charge is 2.44. The van der Waals surface area contributed by atoms with Gasteiger partial charge < -0.3 is 19.7 Å². The van der Waals surface area contributed by atoms with E-state index < -0.39 is 0 Å². The van der Waals surface area contributed by atoms with Gasteiger partial charge in [0.25, 0.3) is 0 Å². The van der Waals surface area contributed by atoms with E-state index in [2.05, 4.69) is 15.1 Å². The molecule has 0 aliphatic carbocycles. The second-order valence-electron chi connectivity index (χ2n) is 8.18. The van der Waals surface area contributed by atoms with Crippen LogP contribution in [0.1, 0.15) is 25.7 Å². The first-order chi connectivity index (χ1) is 13.6. The molecule has 3 aliphatic heterocycles. The Morgan fingerprint density at radius 3 is 2.86 bits per heavy atom. The third-order valence-corrected chi connectivity index (χ3v) is 6.30. The Kier molecular flexibility index (Phi) is 5.44. The minimum absolute atomic E-state index is 0.0527. The first-order valence-corrected chi connectivity index (χ1v) is 10.1. The molecule has 152 valence electrons. The SMILES string of the molecule is COc1ccc(OC)c(NC(=O)CN2CC3CC(C2)[C@H]2CCCC(=O)N2C3)c1. The van der Waals surface area contributed by atoms with E-state index in [0.29, 0.717) is 53.9 Å². The maximum absolute atomic E-state index is 12.7. The number of benzene rings is 1. The van der Waals surface area contributed by atoms with Crippen molar-refractivity contribution in [3.63, 3.8) is 0 Å². The number of rotatable bonds is 5. The highest BCUT2D eigenvalue weighted by Crippen LogP contribution is 2.38. The summed E-state index contributed by atoms with van der Waals surface area (Å²) in [5, 5.41) is 2.96. The zero-order valence-electron chi connectivity index (χ0n) is 16.6. The Hall–Kier alpha value is -2.28. The molecule has 3 saturated heterocycles. The summed E-state index contributed by atoms with van der Waals surface area (Å²) in [5.41, 5.74) is 0.619. The molecule has 3 aliphatic rings. The number of methoxy groups -OCH3 is 2. The molecule has 0 aromatic heterocycles. The lowest BCUT2D eigenvalue weighted by Gasteiger charge is -2.52. The lowest BCUT2D eigenvalue weighted by atomic mass is 9.76. The quantitative estimate of drug-likeness (QED) is 0.837. The van der Waals surface area contributed by atoms with E-state index in [1.807, 2.05) is 0 Å². The summed E-state index contributed by atoms with van der Waals surface area (Å²) in [6, 6.07) is 5.72. The molecule has 3 fully saturated rings. The fourth-order valence-electron chi connectivity index (χ4n) is 5.15. The number of likely N-dealkylation sites (tertiary alicyclic amines) is 1. The third-order valence-electron chi connectivity index (χ3n) is 6.30. The molecule has 1 aromatic carbocycles. The standard InChI is InChI=1S/C21H29N3O4/c1-27-16-6-7-19(28-2)17(9-16)22-20(25)13-23-10-14-8-15(12-23)18-4-3-5-21(26)24(18)11-14/h6-7,9,14-15,18H,3-5,8,10-13H2,1-2H3,(H,22,25)/t14?,15?,18-/m1/s1. The van der Waals surface area contributed by atoms with Gasteiger partial charge in [0.1, 0.15) is 11.5 Å². The fourth-order valence-corrected chi connectivity index (χ4v) is 5.15. The van der Waals surface area contributed by atoms with Crippen molar-refractivity contribution in [2.45, 2.75) is 31.7 Å². The fraction of sp³-hybridized carbons (Fsp3) is 0.619. The van der Waals surface area contributed by atoms with Crippen LogP contribution in [0.25, 0.3) is 0 Å². The van der Waals surface area contributed by atoms with Crippen molar-refractivity contribution in [3.05, 3.63) is 18.2 Å². The van der Waals surface area contributed by atoms with Gasteiger partial charge in [-0.2, -0.15) is 0 Å². The van der Waals surface area contributed by atoms with Gasteiger partial charge in [-0.1, -0.05) is 0 Å².